The molecule has 0 spiro atoms. The fourth-order valence-electron chi connectivity index (χ4n) is 4.30. The first-order valence-electron chi connectivity index (χ1n) is 13.0. The van der Waals surface area contributed by atoms with Gasteiger partial charge in [0.15, 0.2) is 11.0 Å². The summed E-state index contributed by atoms with van der Waals surface area (Å²) in [6.45, 7) is 2.15. The molecule has 0 saturated carbocycles. The third-order valence-corrected chi connectivity index (χ3v) is 7.43. The Morgan fingerprint density at radius 3 is 2.51 bits per heavy atom. The second kappa shape index (κ2) is 12.8. The van der Waals surface area contributed by atoms with E-state index in [0.717, 1.165) is 23.3 Å². The first kappa shape index (κ1) is 29.9. The van der Waals surface area contributed by atoms with Gasteiger partial charge in [0, 0.05) is 24.3 Å². The molecule has 10 nitrogen and oxygen atoms in total. The number of hydrogen-bond acceptors (Lipinski definition) is 7. The number of urea groups is 1. The molecule has 1 atom stereocenters. The van der Waals surface area contributed by atoms with Crippen LogP contribution in [0.4, 0.5) is 23.7 Å². The molecule has 3 amide bonds. The fourth-order valence-corrected chi connectivity index (χ4v) is 5.16. The Morgan fingerprint density at radius 1 is 1.09 bits per heavy atom. The molecule has 1 unspecified atom stereocenters. The van der Waals surface area contributed by atoms with Crippen molar-refractivity contribution in [3.63, 3.8) is 0 Å². The molecule has 2 N–H and O–H groups in total. The highest BCUT2D eigenvalue weighted by atomic mass is 32.2. The molecule has 1 aromatic heterocycles. The van der Waals surface area contributed by atoms with Crippen molar-refractivity contribution >= 4 is 34.6 Å². The first-order chi connectivity index (χ1) is 20.6. The topological polar surface area (TPSA) is 114 Å². The van der Waals surface area contributed by atoms with E-state index in [1.54, 1.807) is 31.4 Å². The number of alkyl halides is 3. The number of carbonyl (C=O) groups excluding carboxylic acids is 2. The van der Waals surface area contributed by atoms with E-state index in [1.165, 1.54) is 39.8 Å². The van der Waals surface area contributed by atoms with E-state index in [1.807, 2.05) is 31.2 Å². The Labute approximate surface area is 248 Å². The zero-order valence-electron chi connectivity index (χ0n) is 23.0. The molecule has 1 aliphatic rings. The van der Waals surface area contributed by atoms with Crippen LogP contribution in [0.2, 0.25) is 0 Å². The third-order valence-electron chi connectivity index (χ3n) is 6.51. The fraction of sp³-hybridized carbons (Fsp3) is 0.207. The van der Waals surface area contributed by atoms with E-state index in [-0.39, 0.29) is 22.9 Å². The number of aromatic nitrogens is 3. The van der Waals surface area contributed by atoms with Crippen molar-refractivity contribution in [3.05, 3.63) is 95.8 Å². The predicted molar refractivity (Wildman–Crippen MR) is 156 cm³/mol. The number of aliphatic imine (C=N–C) groups is 1. The molecule has 2 heterocycles. The maximum Gasteiger partial charge on any atom is 0.416 e. The Hall–Kier alpha value is -4.53. The van der Waals surface area contributed by atoms with Crippen molar-refractivity contribution in [2.24, 2.45) is 4.99 Å². The van der Waals surface area contributed by atoms with Crippen LogP contribution in [0.25, 0.3) is 17.1 Å². The molecule has 1 fully saturated rings. The van der Waals surface area contributed by atoms with E-state index in [2.05, 4.69) is 25.9 Å². The second-order valence-corrected chi connectivity index (χ2v) is 10.4. The maximum absolute atomic E-state index is 12.8. The molecule has 1 aliphatic heterocycles. The lowest BCUT2D eigenvalue weighted by Gasteiger charge is -2.19. The van der Waals surface area contributed by atoms with Gasteiger partial charge in [-0.3, -0.25) is 15.1 Å². The highest BCUT2D eigenvalue weighted by Crippen LogP contribution is 2.31. The second-order valence-electron chi connectivity index (χ2n) is 9.45. The number of rotatable bonds is 8. The number of methoxy groups -OCH3 is 1. The standard InChI is InChI=1S/C29H26F3N7O3S/c1-18(35-36-27(41)34-28-39(25(40)16-43-28)24-6-4-3-5-21(24)15-42-2)19-7-9-20(10-8-19)26-33-17-38(37-26)23-13-11-22(12-14-23)29(30,31)32/h3-14,17-18,35H,15-16H2,1-2H3,(H,36,41). The minimum absolute atomic E-state index is 0.168. The summed E-state index contributed by atoms with van der Waals surface area (Å²) in [6, 6.07) is 18.3. The highest BCUT2D eigenvalue weighted by Gasteiger charge is 2.32. The van der Waals surface area contributed by atoms with Gasteiger partial charge in [0.05, 0.1) is 29.3 Å². The number of hydrogen-bond donors (Lipinski definition) is 2. The Balaban J connectivity index is 1.20. The zero-order valence-corrected chi connectivity index (χ0v) is 23.8. The summed E-state index contributed by atoms with van der Waals surface area (Å²) in [7, 11) is 1.57. The first-order valence-corrected chi connectivity index (χ1v) is 14.0. The van der Waals surface area contributed by atoms with Gasteiger partial charge in [0.25, 0.3) is 0 Å². The van der Waals surface area contributed by atoms with Gasteiger partial charge in [0.1, 0.15) is 6.33 Å². The number of benzene rings is 3. The molecule has 43 heavy (non-hydrogen) atoms. The molecule has 1 saturated heterocycles. The summed E-state index contributed by atoms with van der Waals surface area (Å²) in [4.78, 5) is 35.1. The summed E-state index contributed by atoms with van der Waals surface area (Å²) < 4.78 is 45.2. The summed E-state index contributed by atoms with van der Waals surface area (Å²) in [5, 5.41) is 4.65. The lowest BCUT2D eigenvalue weighted by atomic mass is 10.1. The van der Waals surface area contributed by atoms with Crippen LogP contribution in [0.3, 0.4) is 0 Å². The van der Waals surface area contributed by atoms with Crippen LogP contribution in [0.15, 0.2) is 84.1 Å². The number of anilines is 1. The van der Waals surface area contributed by atoms with E-state index in [0.29, 0.717) is 29.4 Å². The van der Waals surface area contributed by atoms with Gasteiger partial charge >= 0.3 is 12.2 Å². The Morgan fingerprint density at radius 2 is 1.81 bits per heavy atom. The van der Waals surface area contributed by atoms with Crippen molar-refractivity contribution in [2.45, 2.75) is 25.7 Å². The molecule has 0 radical (unpaired) electrons. The van der Waals surface area contributed by atoms with Crippen molar-refractivity contribution in [1.82, 2.24) is 25.6 Å². The van der Waals surface area contributed by atoms with Crippen molar-refractivity contribution in [1.29, 1.82) is 0 Å². The predicted octanol–water partition coefficient (Wildman–Crippen LogP) is 5.51. The van der Waals surface area contributed by atoms with Crippen LogP contribution in [-0.2, 0) is 22.3 Å². The number of halogens is 3. The molecular weight excluding hydrogens is 583 g/mol. The summed E-state index contributed by atoms with van der Waals surface area (Å²) >= 11 is 1.18. The molecule has 4 aromatic rings. The molecule has 0 bridgehead atoms. The highest BCUT2D eigenvalue weighted by molar-refractivity contribution is 8.15. The van der Waals surface area contributed by atoms with E-state index in [4.69, 9.17) is 4.74 Å². The quantitative estimate of drug-likeness (QED) is 0.253. The van der Waals surface area contributed by atoms with Gasteiger partial charge in [-0.2, -0.15) is 18.2 Å². The van der Waals surface area contributed by atoms with Gasteiger partial charge < -0.3 is 4.74 Å². The number of amidine groups is 1. The lowest BCUT2D eigenvalue weighted by Crippen LogP contribution is -2.39. The van der Waals surface area contributed by atoms with Gasteiger partial charge in [0.2, 0.25) is 5.91 Å². The van der Waals surface area contributed by atoms with Crippen LogP contribution < -0.4 is 15.8 Å². The number of amides is 3. The number of nitrogens with zero attached hydrogens (tertiary/aromatic N) is 5. The lowest BCUT2D eigenvalue weighted by molar-refractivity contribution is -0.137. The number of nitrogens with one attached hydrogen (secondary N) is 2. The summed E-state index contributed by atoms with van der Waals surface area (Å²) in [5.74, 6) is 0.387. The average Bonchev–Trinajstić information content (AvgIpc) is 3.63. The van der Waals surface area contributed by atoms with Gasteiger partial charge in [-0.05, 0) is 42.8 Å². The Bertz CT molecular complexity index is 1640. The van der Waals surface area contributed by atoms with Crippen molar-refractivity contribution < 1.29 is 27.5 Å². The largest absolute Gasteiger partial charge is 0.416 e. The molecule has 5 rings (SSSR count). The van der Waals surface area contributed by atoms with Crippen LogP contribution in [0, 0.1) is 0 Å². The van der Waals surface area contributed by atoms with Crippen molar-refractivity contribution in [2.75, 3.05) is 17.8 Å². The minimum atomic E-state index is -4.41. The number of para-hydroxylation sites is 1. The van der Waals surface area contributed by atoms with E-state index in [9.17, 15) is 22.8 Å². The summed E-state index contributed by atoms with van der Waals surface area (Å²) in [5.41, 5.74) is 8.15. The number of hydrazine groups is 1. The monoisotopic (exact) mass is 609 g/mol. The smallest absolute Gasteiger partial charge is 0.380 e. The van der Waals surface area contributed by atoms with Crippen LogP contribution in [0.5, 0.6) is 0 Å². The van der Waals surface area contributed by atoms with E-state index < -0.39 is 17.8 Å². The molecule has 3 aromatic carbocycles. The minimum Gasteiger partial charge on any atom is -0.380 e. The van der Waals surface area contributed by atoms with Crippen LogP contribution in [-0.4, -0.2) is 44.7 Å². The van der Waals surface area contributed by atoms with E-state index >= 15 is 0 Å². The number of ether oxygens (including phenoxy) is 1. The van der Waals surface area contributed by atoms with Crippen LogP contribution >= 0.6 is 11.8 Å². The van der Waals surface area contributed by atoms with Gasteiger partial charge in [-0.25, -0.2) is 19.9 Å². The Kier molecular flexibility index (Phi) is 8.89. The van der Waals surface area contributed by atoms with Crippen molar-refractivity contribution in [3.8, 4) is 17.1 Å². The number of thioether (sulfide) groups is 1. The zero-order chi connectivity index (χ0) is 30.6. The molecule has 0 aliphatic carbocycles. The van der Waals surface area contributed by atoms with Crippen LogP contribution in [0.1, 0.15) is 29.7 Å². The number of carbonyl (C=O) groups is 2. The normalized spacial score (nSPS) is 15.2. The van der Waals surface area contributed by atoms with Gasteiger partial charge in [-0.1, -0.05) is 54.2 Å². The van der Waals surface area contributed by atoms with Gasteiger partial charge in [-0.15, -0.1) is 5.10 Å². The molecule has 14 heteroatoms. The SMILES string of the molecule is COCc1ccccc1N1C(=O)CSC1=NC(=O)NNC(C)c1ccc(-c2ncn(-c3ccc(C(F)(F)F)cc3)n2)cc1. The third kappa shape index (κ3) is 6.93. The summed E-state index contributed by atoms with van der Waals surface area (Å²) in [6.07, 6.45) is -2.98. The average molecular weight is 610 g/mol. The maximum atomic E-state index is 12.8. The molecule has 222 valence electrons. The molecular formula is C29H26F3N7O3S.